The van der Waals surface area contributed by atoms with Gasteiger partial charge in [-0.3, -0.25) is 9.69 Å². The Bertz CT molecular complexity index is 642. The Kier molecular flexibility index (Phi) is 4.45. The van der Waals surface area contributed by atoms with Crippen LogP contribution in [0.1, 0.15) is 24.3 Å². The molecule has 1 aromatic rings. The van der Waals surface area contributed by atoms with Gasteiger partial charge in [-0.05, 0) is 42.2 Å². The van der Waals surface area contributed by atoms with E-state index in [1.54, 1.807) is 12.1 Å². The minimum absolute atomic E-state index is 0.0221. The van der Waals surface area contributed by atoms with Crippen molar-refractivity contribution in [3.05, 3.63) is 29.6 Å². The number of benzene rings is 1. The van der Waals surface area contributed by atoms with Crippen LogP contribution >= 0.6 is 11.8 Å². The lowest BCUT2D eigenvalue weighted by Gasteiger charge is -2.26. The fraction of sp³-hybridized carbons (Fsp3) is 0.467. The highest BCUT2D eigenvalue weighted by atomic mass is 32.2. The van der Waals surface area contributed by atoms with Crippen molar-refractivity contribution in [2.45, 2.75) is 30.3 Å². The molecule has 8 heteroatoms. The highest BCUT2D eigenvalue weighted by Gasteiger charge is 2.36. The molecule has 2 saturated heterocycles. The maximum atomic E-state index is 14.4. The summed E-state index contributed by atoms with van der Waals surface area (Å²) >= 11 is 1.47. The predicted molar refractivity (Wildman–Crippen MR) is 83.6 cm³/mol. The van der Waals surface area contributed by atoms with E-state index in [1.165, 1.54) is 22.7 Å². The summed E-state index contributed by atoms with van der Waals surface area (Å²) in [5.41, 5.74) is 5.51. The molecule has 23 heavy (non-hydrogen) atoms. The monoisotopic (exact) mass is 340 g/mol. The van der Waals surface area contributed by atoms with Crippen LogP contribution in [0.4, 0.5) is 14.9 Å². The average molecular weight is 340 g/mol. The first kappa shape index (κ1) is 16.1. The third kappa shape index (κ3) is 3.28. The van der Waals surface area contributed by atoms with Crippen LogP contribution in [0.15, 0.2) is 18.2 Å². The molecule has 3 atom stereocenters. The number of hydrogen-bond donors (Lipinski definition) is 2. The summed E-state index contributed by atoms with van der Waals surface area (Å²) in [6.45, 7) is -0.0221. The molecule has 0 spiro atoms. The Balaban J connectivity index is 1.79. The van der Waals surface area contributed by atoms with Crippen LogP contribution in [-0.2, 0) is 9.53 Å². The van der Waals surface area contributed by atoms with Crippen LogP contribution in [0.5, 0.6) is 0 Å². The van der Waals surface area contributed by atoms with E-state index in [0.29, 0.717) is 17.7 Å². The lowest BCUT2D eigenvalue weighted by Crippen LogP contribution is -2.32. The average Bonchev–Trinajstić information content (AvgIpc) is 2.89. The summed E-state index contributed by atoms with van der Waals surface area (Å²) in [6.07, 6.45) is -0.426. The Morgan fingerprint density at radius 3 is 2.87 bits per heavy atom. The standard InChI is InChI=1S/C15H17FN2O4S/c16-11-6-9(18-7-12(14(17)20)22-15(18)21)1-2-10(11)8-3-4-23-13(19)5-8/h1-2,6,8,12-13,19H,3-5,7H2,(H2,17,20)/t8?,12-,13?/m1/s1. The summed E-state index contributed by atoms with van der Waals surface area (Å²) in [5.74, 6) is -0.413. The number of nitrogens with zero attached hydrogens (tertiary/aromatic N) is 1. The van der Waals surface area contributed by atoms with E-state index < -0.39 is 29.4 Å². The van der Waals surface area contributed by atoms with Crippen molar-refractivity contribution in [2.75, 3.05) is 17.2 Å². The molecule has 2 fully saturated rings. The Hall–Kier alpha value is -1.80. The van der Waals surface area contributed by atoms with Crippen LogP contribution in [0.3, 0.4) is 0 Å². The third-order valence-electron chi connectivity index (χ3n) is 4.13. The van der Waals surface area contributed by atoms with Gasteiger partial charge in [0.15, 0.2) is 6.10 Å². The van der Waals surface area contributed by atoms with Crippen molar-refractivity contribution in [2.24, 2.45) is 5.73 Å². The first-order chi connectivity index (χ1) is 11.0. The summed E-state index contributed by atoms with van der Waals surface area (Å²) in [5, 5.41) is 9.70. The largest absolute Gasteiger partial charge is 0.434 e. The van der Waals surface area contributed by atoms with Crippen LogP contribution in [0, 0.1) is 5.82 Å². The number of aliphatic hydroxyl groups is 1. The number of cyclic esters (lactones) is 1. The molecule has 124 valence electrons. The van der Waals surface area contributed by atoms with E-state index in [4.69, 9.17) is 10.5 Å². The second-order valence-electron chi connectivity index (χ2n) is 5.64. The molecule has 6 nitrogen and oxygen atoms in total. The van der Waals surface area contributed by atoms with Gasteiger partial charge in [0.2, 0.25) is 0 Å². The Labute approximate surface area is 136 Å². The smallest absolute Gasteiger partial charge is 0.415 e. The van der Waals surface area contributed by atoms with E-state index in [1.807, 2.05) is 0 Å². The number of primary amides is 1. The zero-order valence-corrected chi connectivity index (χ0v) is 13.1. The van der Waals surface area contributed by atoms with Crippen molar-refractivity contribution >= 4 is 29.4 Å². The highest BCUT2D eigenvalue weighted by Crippen LogP contribution is 2.37. The van der Waals surface area contributed by atoms with Gasteiger partial charge < -0.3 is 15.6 Å². The molecule has 0 bridgehead atoms. The first-order valence-corrected chi connectivity index (χ1v) is 8.37. The SMILES string of the molecule is NC(=O)[C@H]1CN(c2ccc(C3CCSC(O)C3)c(F)c2)C(=O)O1. The van der Waals surface area contributed by atoms with Crippen molar-refractivity contribution < 1.29 is 23.8 Å². The molecule has 0 aromatic heterocycles. The summed E-state index contributed by atoms with van der Waals surface area (Å²) in [4.78, 5) is 24.1. The molecule has 0 radical (unpaired) electrons. The number of aliphatic hydroxyl groups excluding tert-OH is 1. The van der Waals surface area contributed by atoms with Crippen molar-refractivity contribution in [3.63, 3.8) is 0 Å². The molecule has 2 amide bonds. The number of rotatable bonds is 3. The molecule has 2 heterocycles. The van der Waals surface area contributed by atoms with Crippen molar-refractivity contribution in [1.82, 2.24) is 0 Å². The molecule has 2 aliphatic rings. The number of amides is 2. The minimum Gasteiger partial charge on any atom is -0.434 e. The van der Waals surface area contributed by atoms with E-state index >= 15 is 0 Å². The molecule has 3 rings (SSSR count). The van der Waals surface area contributed by atoms with Gasteiger partial charge in [-0.15, -0.1) is 11.8 Å². The second kappa shape index (κ2) is 6.37. The molecule has 2 unspecified atom stereocenters. The van der Waals surface area contributed by atoms with E-state index in [2.05, 4.69) is 0 Å². The lowest BCUT2D eigenvalue weighted by molar-refractivity contribution is -0.124. The van der Waals surface area contributed by atoms with E-state index in [-0.39, 0.29) is 12.5 Å². The fourth-order valence-electron chi connectivity index (χ4n) is 2.89. The second-order valence-corrected chi connectivity index (χ2v) is 6.92. The maximum absolute atomic E-state index is 14.4. The zero-order valence-electron chi connectivity index (χ0n) is 12.3. The molecular formula is C15H17FN2O4S. The summed E-state index contributed by atoms with van der Waals surface area (Å²) in [6, 6.07) is 4.51. The maximum Gasteiger partial charge on any atom is 0.415 e. The molecule has 3 N–H and O–H groups in total. The summed E-state index contributed by atoms with van der Waals surface area (Å²) < 4.78 is 19.3. The molecular weight excluding hydrogens is 323 g/mol. The number of ether oxygens (including phenoxy) is 1. The van der Waals surface area contributed by atoms with Gasteiger partial charge in [0.25, 0.3) is 5.91 Å². The van der Waals surface area contributed by atoms with E-state index in [9.17, 15) is 19.1 Å². The Morgan fingerprint density at radius 2 is 2.26 bits per heavy atom. The van der Waals surface area contributed by atoms with Gasteiger partial charge >= 0.3 is 6.09 Å². The highest BCUT2D eigenvalue weighted by molar-refractivity contribution is 7.99. The summed E-state index contributed by atoms with van der Waals surface area (Å²) in [7, 11) is 0. The van der Waals surface area contributed by atoms with Crippen molar-refractivity contribution in [1.29, 1.82) is 0 Å². The predicted octanol–water partition coefficient (Wildman–Crippen LogP) is 1.57. The van der Waals surface area contributed by atoms with E-state index in [0.717, 1.165) is 12.2 Å². The van der Waals surface area contributed by atoms with Crippen molar-refractivity contribution in [3.8, 4) is 0 Å². The number of anilines is 1. The fourth-order valence-corrected chi connectivity index (χ4v) is 3.96. The normalized spacial score (nSPS) is 27.8. The Morgan fingerprint density at radius 1 is 1.48 bits per heavy atom. The van der Waals surface area contributed by atoms with Crippen LogP contribution < -0.4 is 10.6 Å². The molecule has 1 aromatic carbocycles. The lowest BCUT2D eigenvalue weighted by atomic mass is 9.92. The number of nitrogens with two attached hydrogens (primary N) is 1. The van der Waals surface area contributed by atoms with Gasteiger partial charge in [0.1, 0.15) is 5.82 Å². The van der Waals surface area contributed by atoms with Gasteiger partial charge in [-0.1, -0.05) is 6.07 Å². The van der Waals surface area contributed by atoms with Gasteiger partial charge in [-0.25, -0.2) is 9.18 Å². The molecule has 0 saturated carbocycles. The minimum atomic E-state index is -1.02. The van der Waals surface area contributed by atoms with Crippen LogP contribution in [-0.4, -0.2) is 40.9 Å². The number of thioether (sulfide) groups is 1. The van der Waals surface area contributed by atoms with Crippen LogP contribution in [0.25, 0.3) is 0 Å². The number of hydrogen-bond acceptors (Lipinski definition) is 5. The quantitative estimate of drug-likeness (QED) is 0.871. The third-order valence-corrected chi connectivity index (χ3v) is 5.18. The number of carbonyl (C=O) groups excluding carboxylic acids is 2. The number of carbonyl (C=O) groups is 2. The van der Waals surface area contributed by atoms with Crippen LogP contribution in [0.2, 0.25) is 0 Å². The van der Waals surface area contributed by atoms with Gasteiger partial charge in [-0.2, -0.15) is 0 Å². The van der Waals surface area contributed by atoms with Gasteiger partial charge in [0.05, 0.1) is 17.7 Å². The number of halogens is 1. The zero-order chi connectivity index (χ0) is 16.6. The molecule has 2 aliphatic heterocycles. The van der Waals surface area contributed by atoms with Gasteiger partial charge in [0, 0.05) is 0 Å². The topological polar surface area (TPSA) is 92.9 Å². The molecule has 0 aliphatic carbocycles. The first-order valence-electron chi connectivity index (χ1n) is 7.32.